The normalized spacial score (nSPS) is 41.8. The molecule has 13 heavy (non-hydrogen) atoms. The van der Waals surface area contributed by atoms with Crippen LogP contribution in [0.5, 0.6) is 0 Å². The Labute approximate surface area is 76.0 Å². The van der Waals surface area contributed by atoms with E-state index in [-0.39, 0.29) is 24.7 Å². The van der Waals surface area contributed by atoms with Crippen molar-refractivity contribution >= 4 is 5.91 Å². The van der Waals surface area contributed by atoms with Gasteiger partial charge >= 0.3 is 0 Å². The van der Waals surface area contributed by atoms with E-state index in [0.717, 1.165) is 0 Å². The summed E-state index contributed by atoms with van der Waals surface area (Å²) in [6.45, 7) is 3.40. The van der Waals surface area contributed by atoms with Crippen LogP contribution >= 0.6 is 0 Å². The Hall–Kier alpha value is -0.650. The molecule has 1 amide bonds. The van der Waals surface area contributed by atoms with Crippen LogP contribution in [-0.2, 0) is 14.3 Å². The molecule has 0 radical (unpaired) electrons. The van der Waals surface area contributed by atoms with Crippen molar-refractivity contribution in [2.75, 3.05) is 6.61 Å². The monoisotopic (exact) mass is 187 g/mol. The largest absolute Gasteiger partial charge is 0.394 e. The van der Waals surface area contributed by atoms with Crippen molar-refractivity contribution in [1.29, 1.82) is 0 Å². The number of fused-ring (bicyclic) bond motifs is 1. The number of aliphatic hydroxyl groups excluding tert-OH is 1. The first kappa shape index (κ1) is 8.93. The van der Waals surface area contributed by atoms with Crippen LogP contribution in [0.3, 0.4) is 0 Å². The van der Waals surface area contributed by atoms with Crippen LogP contribution in [0.2, 0.25) is 0 Å². The van der Waals surface area contributed by atoms with Crippen LogP contribution in [-0.4, -0.2) is 41.7 Å². The van der Waals surface area contributed by atoms with E-state index in [2.05, 4.69) is 5.32 Å². The molecule has 0 bridgehead atoms. The van der Waals surface area contributed by atoms with Gasteiger partial charge in [-0.1, -0.05) is 0 Å². The average Bonchev–Trinajstić information content (AvgIpc) is 2.47. The highest BCUT2D eigenvalue weighted by molar-refractivity contribution is 5.85. The van der Waals surface area contributed by atoms with Gasteiger partial charge in [0.25, 0.3) is 5.91 Å². The Kier molecular flexibility index (Phi) is 1.83. The van der Waals surface area contributed by atoms with Gasteiger partial charge in [-0.25, -0.2) is 0 Å². The average molecular weight is 187 g/mol. The zero-order valence-corrected chi connectivity index (χ0v) is 7.61. The maximum atomic E-state index is 11.3. The molecule has 0 spiro atoms. The molecular formula is C8H13NO4. The number of carbonyl (C=O) groups excluding carboxylic acids is 1. The summed E-state index contributed by atoms with van der Waals surface area (Å²) in [6, 6.07) is -0.334. The highest BCUT2D eigenvalue weighted by Gasteiger charge is 2.53. The number of carbonyl (C=O) groups is 1. The Morgan fingerprint density at radius 2 is 2.23 bits per heavy atom. The molecule has 5 nitrogen and oxygen atoms in total. The van der Waals surface area contributed by atoms with Crippen molar-refractivity contribution in [3.8, 4) is 0 Å². The molecule has 74 valence electrons. The fourth-order valence-corrected chi connectivity index (χ4v) is 1.78. The van der Waals surface area contributed by atoms with Crippen molar-refractivity contribution < 1.29 is 19.4 Å². The number of ether oxygens (including phenoxy) is 2. The van der Waals surface area contributed by atoms with E-state index >= 15 is 0 Å². The van der Waals surface area contributed by atoms with Gasteiger partial charge in [-0.05, 0) is 13.8 Å². The first-order valence-electron chi connectivity index (χ1n) is 4.30. The number of hydrogen-bond acceptors (Lipinski definition) is 4. The van der Waals surface area contributed by atoms with Gasteiger partial charge in [-0.3, -0.25) is 4.79 Å². The topological polar surface area (TPSA) is 67.8 Å². The van der Waals surface area contributed by atoms with Crippen LogP contribution in [0, 0.1) is 0 Å². The Bertz CT molecular complexity index is 240. The molecule has 2 aliphatic heterocycles. The van der Waals surface area contributed by atoms with E-state index in [1.54, 1.807) is 13.8 Å². The molecule has 2 saturated heterocycles. The van der Waals surface area contributed by atoms with E-state index in [4.69, 9.17) is 14.6 Å². The molecular weight excluding hydrogens is 174 g/mol. The van der Waals surface area contributed by atoms with Gasteiger partial charge in [0.15, 0.2) is 11.9 Å². The van der Waals surface area contributed by atoms with Crippen LogP contribution < -0.4 is 5.32 Å². The van der Waals surface area contributed by atoms with Crippen molar-refractivity contribution in [3.05, 3.63) is 0 Å². The summed E-state index contributed by atoms with van der Waals surface area (Å²) in [5.74, 6) is -0.921. The van der Waals surface area contributed by atoms with Gasteiger partial charge < -0.3 is 19.9 Å². The summed E-state index contributed by atoms with van der Waals surface area (Å²) in [6.07, 6.45) is -0.917. The minimum Gasteiger partial charge on any atom is -0.394 e. The zero-order chi connectivity index (χ0) is 9.64. The quantitative estimate of drug-likeness (QED) is 0.552. The van der Waals surface area contributed by atoms with Crippen LogP contribution in [0.25, 0.3) is 0 Å². The summed E-state index contributed by atoms with van der Waals surface area (Å²) in [4.78, 5) is 11.3. The standard InChI is InChI=1S/C8H13NO4/c1-8(2)12-5-4(3-10)9-7(11)6(5)13-8/h4-6,10H,3H2,1-2H3,(H,9,11). The summed E-state index contributed by atoms with van der Waals surface area (Å²) in [5.41, 5.74) is 0. The van der Waals surface area contributed by atoms with E-state index in [9.17, 15) is 4.79 Å². The number of rotatable bonds is 1. The van der Waals surface area contributed by atoms with Gasteiger partial charge in [0, 0.05) is 0 Å². The van der Waals surface area contributed by atoms with Crippen LogP contribution in [0.4, 0.5) is 0 Å². The molecule has 2 N–H and O–H groups in total. The lowest BCUT2D eigenvalue weighted by atomic mass is 10.1. The van der Waals surface area contributed by atoms with Gasteiger partial charge in [-0.2, -0.15) is 0 Å². The molecule has 0 aromatic carbocycles. The molecule has 2 heterocycles. The van der Waals surface area contributed by atoms with Gasteiger partial charge in [0.2, 0.25) is 0 Å². The second-order valence-electron chi connectivity index (χ2n) is 3.82. The molecule has 0 saturated carbocycles. The fourth-order valence-electron chi connectivity index (χ4n) is 1.78. The van der Waals surface area contributed by atoms with Crippen molar-refractivity contribution in [2.24, 2.45) is 0 Å². The zero-order valence-electron chi connectivity index (χ0n) is 7.61. The second-order valence-corrected chi connectivity index (χ2v) is 3.82. The highest BCUT2D eigenvalue weighted by atomic mass is 16.8. The lowest BCUT2D eigenvalue weighted by molar-refractivity contribution is -0.163. The fraction of sp³-hybridized carbons (Fsp3) is 0.875. The van der Waals surface area contributed by atoms with E-state index < -0.39 is 11.9 Å². The molecule has 5 heteroatoms. The number of aliphatic hydroxyl groups is 1. The Morgan fingerprint density at radius 3 is 2.85 bits per heavy atom. The number of nitrogens with one attached hydrogen (secondary N) is 1. The molecule has 0 aromatic heterocycles. The predicted octanol–water partition coefficient (Wildman–Crippen LogP) is -1.00. The smallest absolute Gasteiger partial charge is 0.252 e. The summed E-state index contributed by atoms with van der Waals surface area (Å²) in [7, 11) is 0. The molecule has 2 rings (SSSR count). The molecule has 2 aliphatic rings. The first-order valence-corrected chi connectivity index (χ1v) is 4.30. The predicted molar refractivity (Wildman–Crippen MR) is 42.8 cm³/mol. The lowest BCUT2D eigenvalue weighted by Crippen LogP contribution is -2.38. The molecule has 3 atom stereocenters. The lowest BCUT2D eigenvalue weighted by Gasteiger charge is -2.20. The van der Waals surface area contributed by atoms with E-state index in [1.165, 1.54) is 0 Å². The van der Waals surface area contributed by atoms with Gasteiger partial charge in [-0.15, -0.1) is 0 Å². The van der Waals surface area contributed by atoms with E-state index in [1.807, 2.05) is 0 Å². The molecule has 2 fully saturated rings. The van der Waals surface area contributed by atoms with Crippen molar-refractivity contribution in [1.82, 2.24) is 5.32 Å². The third-order valence-electron chi connectivity index (χ3n) is 2.31. The highest BCUT2D eigenvalue weighted by Crippen LogP contribution is 2.33. The molecule has 0 aliphatic carbocycles. The number of hydrogen-bond donors (Lipinski definition) is 2. The summed E-state index contributed by atoms with van der Waals surface area (Å²) >= 11 is 0. The van der Waals surface area contributed by atoms with Crippen molar-refractivity contribution in [2.45, 2.75) is 37.9 Å². The first-order chi connectivity index (χ1) is 6.03. The minimum absolute atomic E-state index is 0.119. The third-order valence-corrected chi connectivity index (χ3v) is 2.31. The van der Waals surface area contributed by atoms with Crippen molar-refractivity contribution in [3.63, 3.8) is 0 Å². The third kappa shape index (κ3) is 1.33. The maximum absolute atomic E-state index is 11.3. The van der Waals surface area contributed by atoms with Gasteiger partial charge in [0.1, 0.15) is 6.10 Å². The number of amides is 1. The van der Waals surface area contributed by atoms with Crippen LogP contribution in [0.15, 0.2) is 0 Å². The second kappa shape index (κ2) is 2.67. The molecule has 0 aromatic rings. The summed E-state index contributed by atoms with van der Waals surface area (Å²) < 4.78 is 10.9. The van der Waals surface area contributed by atoms with Crippen LogP contribution in [0.1, 0.15) is 13.8 Å². The minimum atomic E-state index is -0.722. The molecule has 3 unspecified atom stereocenters. The van der Waals surface area contributed by atoms with Gasteiger partial charge in [0.05, 0.1) is 12.6 Å². The van der Waals surface area contributed by atoms with E-state index in [0.29, 0.717) is 0 Å². The Morgan fingerprint density at radius 1 is 1.54 bits per heavy atom. The maximum Gasteiger partial charge on any atom is 0.252 e. The summed E-state index contributed by atoms with van der Waals surface area (Å²) in [5, 5.41) is 11.6. The Balaban J connectivity index is 2.17. The SMILES string of the molecule is CC1(C)OC2C(=O)NC(CO)C2O1.